The van der Waals surface area contributed by atoms with Crippen molar-refractivity contribution in [2.45, 2.75) is 6.42 Å². The molecule has 12 heavy (non-hydrogen) atoms. The van der Waals surface area contributed by atoms with Gasteiger partial charge in [-0.2, -0.15) is 0 Å². The fourth-order valence-corrected chi connectivity index (χ4v) is 0.940. The first-order valence-electron chi connectivity index (χ1n) is 3.79. The van der Waals surface area contributed by atoms with Crippen molar-refractivity contribution in [3.8, 4) is 5.75 Å². The van der Waals surface area contributed by atoms with Gasteiger partial charge in [-0.25, -0.2) is 0 Å². The van der Waals surface area contributed by atoms with Gasteiger partial charge in [0.25, 0.3) is 0 Å². The Kier molecular flexibility index (Phi) is 3.33. The maximum atomic E-state index is 11.9. The zero-order chi connectivity index (χ0) is 8.81. The summed E-state index contributed by atoms with van der Waals surface area (Å²) in [7, 11) is 0. The lowest BCUT2D eigenvalue weighted by molar-refractivity contribution is 0.481. The highest BCUT2D eigenvalue weighted by atomic mass is 19.1. The molecule has 0 saturated heterocycles. The van der Waals surface area contributed by atoms with Crippen LogP contribution in [0.4, 0.5) is 4.39 Å². The van der Waals surface area contributed by atoms with E-state index in [4.69, 9.17) is 4.74 Å². The molecule has 1 aromatic carbocycles. The third-order valence-corrected chi connectivity index (χ3v) is 1.53. The van der Waals surface area contributed by atoms with Crippen LogP contribution in [0.1, 0.15) is 5.56 Å². The Morgan fingerprint density at radius 2 is 2.00 bits per heavy atom. The summed E-state index contributed by atoms with van der Waals surface area (Å²) in [5.41, 5.74) is 0.980. The van der Waals surface area contributed by atoms with Gasteiger partial charge in [0.15, 0.2) is 0 Å². The van der Waals surface area contributed by atoms with E-state index in [1.165, 1.54) is 6.26 Å². The van der Waals surface area contributed by atoms with E-state index in [9.17, 15) is 4.39 Å². The quantitative estimate of drug-likeness (QED) is 0.625. The number of aryl methyl sites for hydroxylation is 1. The summed E-state index contributed by atoms with van der Waals surface area (Å²) in [5, 5.41) is 0. The van der Waals surface area contributed by atoms with Crippen molar-refractivity contribution in [3.05, 3.63) is 42.7 Å². The van der Waals surface area contributed by atoms with E-state index in [1.54, 1.807) is 12.1 Å². The van der Waals surface area contributed by atoms with Crippen molar-refractivity contribution in [2.24, 2.45) is 0 Å². The van der Waals surface area contributed by atoms with Crippen molar-refractivity contribution in [2.75, 3.05) is 6.67 Å². The highest BCUT2D eigenvalue weighted by molar-refractivity contribution is 5.27. The molecule has 0 radical (unpaired) electrons. The molecule has 0 spiro atoms. The number of hydrogen-bond acceptors (Lipinski definition) is 1. The monoisotopic (exact) mass is 166 g/mol. The Morgan fingerprint density at radius 3 is 2.50 bits per heavy atom. The van der Waals surface area contributed by atoms with Crippen LogP contribution in [0.3, 0.4) is 0 Å². The number of halogens is 1. The van der Waals surface area contributed by atoms with Crippen LogP contribution in [0.25, 0.3) is 0 Å². The van der Waals surface area contributed by atoms with Crippen molar-refractivity contribution >= 4 is 0 Å². The first kappa shape index (κ1) is 8.78. The molecule has 0 aliphatic carbocycles. The molecule has 64 valence electrons. The molecule has 0 amide bonds. The summed E-state index contributed by atoms with van der Waals surface area (Å²) < 4.78 is 16.9. The lowest BCUT2D eigenvalue weighted by atomic mass is 10.2. The van der Waals surface area contributed by atoms with Gasteiger partial charge in [-0.15, -0.1) is 0 Å². The summed E-state index contributed by atoms with van der Waals surface area (Å²) in [6.45, 7) is 3.11. The number of alkyl halides is 1. The first-order valence-corrected chi connectivity index (χ1v) is 3.79. The van der Waals surface area contributed by atoms with Crippen LogP contribution >= 0.6 is 0 Å². The van der Waals surface area contributed by atoms with E-state index in [0.29, 0.717) is 6.42 Å². The predicted molar refractivity (Wildman–Crippen MR) is 46.9 cm³/mol. The van der Waals surface area contributed by atoms with Crippen LogP contribution in [0.5, 0.6) is 5.75 Å². The standard InChI is InChI=1S/C10H11FO/c1-2-12-10-5-3-9(4-6-10)7-8-11/h2-6H,1,7-8H2. The fourth-order valence-electron chi connectivity index (χ4n) is 0.940. The molecule has 0 unspecified atom stereocenters. The van der Waals surface area contributed by atoms with Crippen LogP contribution in [0, 0.1) is 0 Å². The van der Waals surface area contributed by atoms with Crippen molar-refractivity contribution in [3.63, 3.8) is 0 Å². The van der Waals surface area contributed by atoms with Crippen molar-refractivity contribution in [1.29, 1.82) is 0 Å². The number of ether oxygens (including phenoxy) is 1. The van der Waals surface area contributed by atoms with Gasteiger partial charge in [0.05, 0.1) is 12.9 Å². The second-order valence-corrected chi connectivity index (χ2v) is 2.37. The SMILES string of the molecule is C=COc1ccc(CCF)cc1. The maximum absolute atomic E-state index is 11.9. The van der Waals surface area contributed by atoms with E-state index >= 15 is 0 Å². The first-order chi connectivity index (χ1) is 5.86. The van der Waals surface area contributed by atoms with Gasteiger partial charge in [0.1, 0.15) is 5.75 Å². The molecule has 1 nitrogen and oxygen atoms in total. The Hall–Kier alpha value is -1.31. The van der Waals surface area contributed by atoms with Crippen LogP contribution in [0.15, 0.2) is 37.1 Å². The van der Waals surface area contributed by atoms with Gasteiger partial charge in [-0.05, 0) is 17.7 Å². The van der Waals surface area contributed by atoms with Crippen LogP contribution in [-0.4, -0.2) is 6.67 Å². The van der Waals surface area contributed by atoms with Gasteiger partial charge in [0.2, 0.25) is 0 Å². The molecule has 0 bridgehead atoms. The molecule has 1 aromatic rings. The molecule has 0 N–H and O–H groups in total. The highest BCUT2D eigenvalue weighted by Crippen LogP contribution is 2.12. The Balaban J connectivity index is 2.64. The molecule has 0 aliphatic rings. The molecule has 0 aliphatic heterocycles. The number of hydrogen-bond donors (Lipinski definition) is 0. The average molecular weight is 166 g/mol. The van der Waals surface area contributed by atoms with E-state index < -0.39 is 0 Å². The third-order valence-electron chi connectivity index (χ3n) is 1.53. The average Bonchev–Trinajstić information content (AvgIpc) is 2.09. The van der Waals surface area contributed by atoms with Gasteiger partial charge in [0, 0.05) is 6.42 Å². The molecule has 0 atom stereocenters. The normalized spacial score (nSPS) is 9.42. The predicted octanol–water partition coefficient (Wildman–Crippen LogP) is 2.72. The molecule has 0 saturated carbocycles. The molecule has 0 fully saturated rings. The number of rotatable bonds is 4. The van der Waals surface area contributed by atoms with E-state index in [2.05, 4.69) is 6.58 Å². The summed E-state index contributed by atoms with van der Waals surface area (Å²) in [6.07, 6.45) is 1.83. The van der Waals surface area contributed by atoms with Crippen molar-refractivity contribution < 1.29 is 9.13 Å². The molecule has 0 aromatic heterocycles. The highest BCUT2D eigenvalue weighted by Gasteiger charge is 1.93. The van der Waals surface area contributed by atoms with Crippen LogP contribution in [-0.2, 0) is 6.42 Å². The smallest absolute Gasteiger partial charge is 0.126 e. The Bertz CT molecular complexity index is 241. The van der Waals surface area contributed by atoms with E-state index in [1.807, 2.05) is 12.1 Å². The molecular weight excluding hydrogens is 155 g/mol. The van der Waals surface area contributed by atoms with Crippen LogP contribution in [0.2, 0.25) is 0 Å². The maximum Gasteiger partial charge on any atom is 0.126 e. The second-order valence-electron chi connectivity index (χ2n) is 2.37. The number of benzene rings is 1. The van der Waals surface area contributed by atoms with Gasteiger partial charge >= 0.3 is 0 Å². The Labute approximate surface area is 71.5 Å². The molecule has 1 rings (SSSR count). The zero-order valence-electron chi connectivity index (χ0n) is 6.79. The Morgan fingerprint density at radius 1 is 1.33 bits per heavy atom. The lowest BCUT2D eigenvalue weighted by Gasteiger charge is -2.00. The van der Waals surface area contributed by atoms with E-state index in [0.717, 1.165) is 11.3 Å². The van der Waals surface area contributed by atoms with Crippen molar-refractivity contribution in [1.82, 2.24) is 0 Å². The molecular formula is C10H11FO. The van der Waals surface area contributed by atoms with Crippen LogP contribution < -0.4 is 4.74 Å². The summed E-state index contributed by atoms with van der Waals surface area (Å²) in [5.74, 6) is 0.729. The summed E-state index contributed by atoms with van der Waals surface area (Å²) in [4.78, 5) is 0. The molecule has 0 heterocycles. The minimum atomic E-state index is -0.318. The fraction of sp³-hybridized carbons (Fsp3) is 0.200. The largest absolute Gasteiger partial charge is 0.466 e. The van der Waals surface area contributed by atoms with Gasteiger partial charge in [-0.3, -0.25) is 4.39 Å². The van der Waals surface area contributed by atoms with Gasteiger partial charge < -0.3 is 4.74 Å². The lowest BCUT2D eigenvalue weighted by Crippen LogP contribution is -1.86. The summed E-state index contributed by atoms with van der Waals surface area (Å²) >= 11 is 0. The minimum Gasteiger partial charge on any atom is -0.466 e. The molecule has 2 heteroatoms. The zero-order valence-corrected chi connectivity index (χ0v) is 6.79. The summed E-state index contributed by atoms with van der Waals surface area (Å²) in [6, 6.07) is 7.29. The minimum absolute atomic E-state index is 0.318. The van der Waals surface area contributed by atoms with Gasteiger partial charge in [-0.1, -0.05) is 18.7 Å². The van der Waals surface area contributed by atoms with E-state index in [-0.39, 0.29) is 6.67 Å². The third kappa shape index (κ3) is 2.38. The topological polar surface area (TPSA) is 9.23 Å². The second kappa shape index (κ2) is 4.54.